The minimum absolute atomic E-state index is 0.113. The molecule has 7 nitrogen and oxygen atoms in total. The Bertz CT molecular complexity index is 1280. The van der Waals surface area contributed by atoms with Gasteiger partial charge in [-0.2, -0.15) is 0 Å². The molecule has 1 unspecified atom stereocenters. The second-order valence-electron chi connectivity index (χ2n) is 7.19. The molecule has 4 rings (SSSR count). The highest BCUT2D eigenvalue weighted by Gasteiger charge is 2.19. The molecule has 3 aromatic heterocycles. The molecule has 1 aromatic carbocycles. The third kappa shape index (κ3) is 4.13. The quantitative estimate of drug-likeness (QED) is 0.418. The van der Waals surface area contributed by atoms with Gasteiger partial charge in [0.1, 0.15) is 16.4 Å². The van der Waals surface area contributed by atoms with Crippen molar-refractivity contribution in [2.75, 3.05) is 0 Å². The van der Waals surface area contributed by atoms with Crippen LogP contribution in [-0.2, 0) is 6.61 Å². The zero-order chi connectivity index (χ0) is 21.4. The summed E-state index contributed by atoms with van der Waals surface area (Å²) in [5.41, 5.74) is 3.05. The zero-order valence-corrected chi connectivity index (χ0v) is 19.0. The maximum atomic E-state index is 12.5. The highest BCUT2D eigenvalue weighted by atomic mass is 32.2. The maximum Gasteiger partial charge on any atom is 0.277 e. The van der Waals surface area contributed by atoms with Gasteiger partial charge in [0.15, 0.2) is 6.61 Å². The van der Waals surface area contributed by atoms with Crippen LogP contribution in [0, 0.1) is 27.7 Å². The SMILES string of the molecule is Cc1ccc(C)c(OCc2nnc(SC(C)c3nc4sc(C)c(C)c4c(=O)[nH]3)o2)c1. The summed E-state index contributed by atoms with van der Waals surface area (Å²) in [4.78, 5) is 21.9. The average molecular weight is 443 g/mol. The standard InChI is InChI=1S/C21H22N4O3S2/c1-10-6-7-11(2)15(8-10)27-9-16-24-25-21(28-16)30-14(5)18-22-19(26)17-12(3)13(4)29-20(17)23-18/h6-8,14H,9H2,1-5H3,(H,22,23,26). The number of aromatic amines is 1. The molecule has 3 heterocycles. The van der Waals surface area contributed by atoms with Crippen LogP contribution in [0.4, 0.5) is 0 Å². The van der Waals surface area contributed by atoms with E-state index in [0.29, 0.717) is 22.3 Å². The van der Waals surface area contributed by atoms with Crippen LogP contribution in [-0.4, -0.2) is 20.2 Å². The van der Waals surface area contributed by atoms with Crippen LogP contribution in [0.15, 0.2) is 32.6 Å². The molecule has 0 saturated carbocycles. The van der Waals surface area contributed by atoms with E-state index in [1.165, 1.54) is 23.1 Å². The lowest BCUT2D eigenvalue weighted by atomic mass is 10.1. The van der Waals surface area contributed by atoms with Crippen molar-refractivity contribution < 1.29 is 9.15 Å². The summed E-state index contributed by atoms with van der Waals surface area (Å²) in [5.74, 6) is 1.78. The summed E-state index contributed by atoms with van der Waals surface area (Å²) < 4.78 is 11.5. The molecule has 1 N–H and O–H groups in total. The minimum Gasteiger partial charge on any atom is -0.484 e. The third-order valence-corrected chi connectivity index (χ3v) is 6.91. The number of thioether (sulfide) groups is 1. The summed E-state index contributed by atoms with van der Waals surface area (Å²) in [6.07, 6.45) is 0. The van der Waals surface area contributed by atoms with Gasteiger partial charge in [0.25, 0.3) is 16.7 Å². The summed E-state index contributed by atoms with van der Waals surface area (Å²) >= 11 is 2.88. The predicted molar refractivity (Wildman–Crippen MR) is 119 cm³/mol. The molecule has 9 heteroatoms. The predicted octanol–water partition coefficient (Wildman–Crippen LogP) is 5.03. The van der Waals surface area contributed by atoms with E-state index in [4.69, 9.17) is 9.15 Å². The fraction of sp³-hybridized carbons (Fsp3) is 0.333. The van der Waals surface area contributed by atoms with Gasteiger partial charge in [-0.15, -0.1) is 21.5 Å². The maximum absolute atomic E-state index is 12.5. The Labute approximate surface area is 181 Å². The van der Waals surface area contributed by atoms with Gasteiger partial charge in [0.2, 0.25) is 0 Å². The summed E-state index contributed by atoms with van der Waals surface area (Å²) in [7, 11) is 0. The number of nitrogens with zero attached hydrogens (tertiary/aromatic N) is 3. The van der Waals surface area contributed by atoms with Gasteiger partial charge >= 0.3 is 0 Å². The number of hydrogen-bond donors (Lipinski definition) is 1. The van der Waals surface area contributed by atoms with E-state index >= 15 is 0 Å². The Morgan fingerprint density at radius 3 is 2.83 bits per heavy atom. The van der Waals surface area contributed by atoms with E-state index in [0.717, 1.165) is 32.1 Å². The van der Waals surface area contributed by atoms with Gasteiger partial charge in [-0.1, -0.05) is 23.9 Å². The van der Waals surface area contributed by atoms with E-state index in [1.807, 2.05) is 52.8 Å². The average Bonchev–Trinajstić information content (AvgIpc) is 3.26. The molecule has 0 amide bonds. The Morgan fingerprint density at radius 2 is 2.03 bits per heavy atom. The molecular weight excluding hydrogens is 420 g/mol. The second kappa shape index (κ2) is 8.23. The van der Waals surface area contributed by atoms with Crippen molar-refractivity contribution in [3.05, 3.63) is 61.8 Å². The lowest BCUT2D eigenvalue weighted by Crippen LogP contribution is -2.12. The Morgan fingerprint density at radius 1 is 1.23 bits per heavy atom. The minimum atomic E-state index is -0.155. The highest BCUT2D eigenvalue weighted by molar-refractivity contribution is 7.99. The van der Waals surface area contributed by atoms with Crippen LogP contribution < -0.4 is 10.3 Å². The Hall–Kier alpha value is -2.65. The van der Waals surface area contributed by atoms with Gasteiger partial charge in [0, 0.05) is 4.88 Å². The van der Waals surface area contributed by atoms with Crippen LogP contribution >= 0.6 is 23.1 Å². The van der Waals surface area contributed by atoms with E-state index in [1.54, 1.807) is 0 Å². The number of aryl methyl sites for hydroxylation is 4. The topological polar surface area (TPSA) is 93.9 Å². The number of hydrogen-bond acceptors (Lipinski definition) is 8. The highest BCUT2D eigenvalue weighted by Crippen LogP contribution is 2.34. The third-order valence-electron chi connectivity index (χ3n) is 4.86. The number of benzene rings is 1. The van der Waals surface area contributed by atoms with E-state index in [9.17, 15) is 4.79 Å². The van der Waals surface area contributed by atoms with Gasteiger partial charge in [-0.05, 0) is 57.4 Å². The molecule has 4 aromatic rings. The molecule has 0 aliphatic heterocycles. The van der Waals surface area contributed by atoms with Crippen LogP contribution in [0.25, 0.3) is 10.2 Å². The van der Waals surface area contributed by atoms with Crippen LogP contribution in [0.5, 0.6) is 5.75 Å². The Kier molecular flexibility index (Phi) is 5.66. The van der Waals surface area contributed by atoms with Crippen LogP contribution in [0.1, 0.15) is 45.5 Å². The fourth-order valence-corrected chi connectivity index (χ4v) is 4.81. The molecule has 0 radical (unpaired) electrons. The van der Waals surface area contributed by atoms with Crippen molar-refractivity contribution in [2.45, 2.75) is 51.7 Å². The van der Waals surface area contributed by atoms with Crippen molar-refractivity contribution in [3.8, 4) is 5.75 Å². The summed E-state index contributed by atoms with van der Waals surface area (Å²) in [6.45, 7) is 10.1. The zero-order valence-electron chi connectivity index (χ0n) is 17.4. The first-order chi connectivity index (χ1) is 14.3. The fourth-order valence-electron chi connectivity index (χ4n) is 3.02. The van der Waals surface area contributed by atoms with E-state index in [-0.39, 0.29) is 17.4 Å². The van der Waals surface area contributed by atoms with E-state index < -0.39 is 0 Å². The number of thiophene rings is 1. The molecule has 0 spiro atoms. The molecule has 0 fully saturated rings. The van der Waals surface area contributed by atoms with Crippen molar-refractivity contribution in [1.29, 1.82) is 0 Å². The van der Waals surface area contributed by atoms with Crippen LogP contribution in [0.3, 0.4) is 0 Å². The number of ether oxygens (including phenoxy) is 1. The smallest absolute Gasteiger partial charge is 0.277 e. The molecule has 0 bridgehead atoms. The number of aromatic nitrogens is 4. The number of fused-ring (bicyclic) bond motifs is 1. The lowest BCUT2D eigenvalue weighted by molar-refractivity contribution is 0.250. The van der Waals surface area contributed by atoms with Gasteiger partial charge in [0.05, 0.1) is 10.6 Å². The molecule has 0 aliphatic carbocycles. The number of H-pyrrole nitrogens is 1. The monoisotopic (exact) mass is 442 g/mol. The molecule has 156 valence electrons. The number of nitrogens with one attached hydrogen (secondary N) is 1. The first-order valence-electron chi connectivity index (χ1n) is 9.51. The van der Waals surface area contributed by atoms with Crippen molar-refractivity contribution in [2.24, 2.45) is 0 Å². The first kappa shape index (κ1) is 20.6. The first-order valence-corrected chi connectivity index (χ1v) is 11.2. The van der Waals surface area contributed by atoms with Gasteiger partial charge in [-0.25, -0.2) is 4.98 Å². The molecule has 30 heavy (non-hydrogen) atoms. The Balaban J connectivity index is 1.46. The van der Waals surface area contributed by atoms with Crippen molar-refractivity contribution >= 4 is 33.3 Å². The van der Waals surface area contributed by atoms with Crippen LogP contribution in [0.2, 0.25) is 0 Å². The van der Waals surface area contributed by atoms with Crippen molar-refractivity contribution in [3.63, 3.8) is 0 Å². The lowest BCUT2D eigenvalue weighted by Gasteiger charge is -2.08. The summed E-state index contributed by atoms with van der Waals surface area (Å²) in [6, 6.07) is 6.04. The summed E-state index contributed by atoms with van der Waals surface area (Å²) in [5, 5.41) is 9.07. The van der Waals surface area contributed by atoms with Gasteiger partial charge in [-0.3, -0.25) is 4.79 Å². The molecular formula is C21H22N4O3S2. The molecule has 1 atom stereocenters. The van der Waals surface area contributed by atoms with Gasteiger partial charge < -0.3 is 14.1 Å². The second-order valence-corrected chi connectivity index (χ2v) is 9.69. The number of rotatable bonds is 6. The van der Waals surface area contributed by atoms with Crippen molar-refractivity contribution in [1.82, 2.24) is 20.2 Å². The molecule has 0 aliphatic rings. The normalized spacial score (nSPS) is 12.4. The largest absolute Gasteiger partial charge is 0.484 e. The molecule has 0 saturated heterocycles. The van der Waals surface area contributed by atoms with E-state index in [2.05, 4.69) is 20.2 Å².